The molecule has 17 rings (SSSR count). The van der Waals surface area contributed by atoms with Crippen molar-refractivity contribution in [1.82, 2.24) is 97.7 Å². The Morgan fingerprint density at radius 3 is 0.940 bits per heavy atom. The average molecular weight is 1840 g/mol. The van der Waals surface area contributed by atoms with Crippen molar-refractivity contribution in [2.24, 2.45) is 0 Å². The van der Waals surface area contributed by atoms with Gasteiger partial charge in [0.25, 0.3) is 0 Å². The number of carboxylic acids is 1. The molecule has 2 aromatic carbocycles. The van der Waals surface area contributed by atoms with Gasteiger partial charge in [-0.1, -0.05) is 90.1 Å². The topological polar surface area (TPSA) is 513 Å². The monoisotopic (exact) mass is 1840 g/mol. The molecule has 0 spiro atoms. The molecule has 10 aromatic rings. The summed E-state index contributed by atoms with van der Waals surface area (Å²) in [6, 6.07) is 16.7. The van der Waals surface area contributed by atoms with Gasteiger partial charge in [0, 0.05) is 64.7 Å². The number of rotatable bonds is 32. The molecule has 41 nitrogen and oxygen atoms in total. The number of aliphatic hydroxyl groups is 2. The van der Waals surface area contributed by atoms with Crippen LogP contribution in [0.25, 0.3) is 44.7 Å². The smallest absolute Gasteiger partial charge is 0.303 e. The van der Waals surface area contributed by atoms with Crippen LogP contribution in [-0.2, 0) is 90.2 Å². The summed E-state index contributed by atoms with van der Waals surface area (Å²) in [5.41, 5.74) is 32.7. The molecule has 8 aromatic heterocycles. The van der Waals surface area contributed by atoms with E-state index in [-0.39, 0.29) is 95.4 Å². The molecule has 7 aliphatic heterocycles. The zero-order valence-electron chi connectivity index (χ0n) is 79.0. The van der Waals surface area contributed by atoms with Crippen LogP contribution in [0.5, 0.6) is 0 Å². The van der Waals surface area contributed by atoms with Crippen LogP contribution < -0.4 is 22.9 Å². The number of ether oxygens (including phenoxy) is 10. The lowest BCUT2D eigenvalue weighted by Crippen LogP contribution is -2.39. The molecule has 0 unspecified atom stereocenters. The van der Waals surface area contributed by atoms with Crippen molar-refractivity contribution in [3.05, 3.63) is 121 Å². The van der Waals surface area contributed by atoms with E-state index in [0.717, 1.165) is 37.1 Å². The van der Waals surface area contributed by atoms with Gasteiger partial charge in [-0.25, -0.2) is 59.8 Å². The Kier molecular flexibility index (Phi) is 30.5. The van der Waals surface area contributed by atoms with Crippen LogP contribution in [0.1, 0.15) is 189 Å². The number of carbonyl (C=O) groups excluding carboxylic acids is 3. The summed E-state index contributed by atoms with van der Waals surface area (Å²) in [6.07, 6.45) is 10.1. The second kappa shape index (κ2) is 41.1. The Balaban J connectivity index is 0.000000144. The lowest BCUT2D eigenvalue weighted by Gasteiger charge is -2.27. The van der Waals surface area contributed by atoms with E-state index >= 15 is 0 Å². The number of fused-ring (bicyclic) bond motifs is 7. The maximum Gasteiger partial charge on any atom is 0.303 e. The minimum Gasteiger partial charge on any atom is -0.481 e. The largest absolute Gasteiger partial charge is 0.481 e. The van der Waals surface area contributed by atoms with Crippen LogP contribution in [0, 0.1) is 0 Å². The van der Waals surface area contributed by atoms with Crippen LogP contribution in [0.2, 0.25) is 0 Å². The maximum absolute atomic E-state index is 12.6. The Bertz CT molecular complexity index is 5520. The number of nitrogens with zero attached hydrogens (tertiary/aromatic N) is 20. The lowest BCUT2D eigenvalue weighted by molar-refractivity contribution is -0.197. The number of imidazole rings is 4. The predicted octanol–water partition coefficient (Wildman–Crippen LogP) is 7.25. The van der Waals surface area contributed by atoms with Gasteiger partial charge >= 0.3 is 5.97 Å². The molecule has 15 heterocycles. The molecule has 7 aliphatic rings. The number of likely N-dealkylation sites (N-methyl/N-ethyl adjacent to an activating group) is 4. The molecule has 720 valence electrons. The van der Waals surface area contributed by atoms with Crippen LogP contribution in [0.3, 0.4) is 0 Å². The van der Waals surface area contributed by atoms with Gasteiger partial charge in [-0.3, -0.25) is 32.7 Å². The molecule has 7 fully saturated rings. The second-order valence-electron chi connectivity index (χ2n) is 39.2. The van der Waals surface area contributed by atoms with Crippen molar-refractivity contribution in [3.8, 4) is 0 Å². The molecule has 133 heavy (non-hydrogen) atoms. The Hall–Kier alpha value is -10.3. The molecule has 16 atom stereocenters. The highest BCUT2D eigenvalue weighted by molar-refractivity contribution is 5.84. The summed E-state index contributed by atoms with van der Waals surface area (Å²) < 4.78 is 69.4. The van der Waals surface area contributed by atoms with Gasteiger partial charge in [0.05, 0.1) is 25.3 Å². The average Bonchev–Trinajstić information content (AvgIpc) is 1.60. The first kappa shape index (κ1) is 98.7. The van der Waals surface area contributed by atoms with E-state index in [1.807, 2.05) is 101 Å². The fourth-order valence-corrected chi connectivity index (χ4v) is 18.1. The number of ketones is 3. The van der Waals surface area contributed by atoms with Gasteiger partial charge in [-0.15, -0.1) is 0 Å². The molecule has 41 heteroatoms. The highest BCUT2D eigenvalue weighted by atomic mass is 16.8. The first-order chi connectivity index (χ1) is 62.9. The first-order valence-corrected chi connectivity index (χ1v) is 45.4. The zero-order valence-corrected chi connectivity index (χ0v) is 79.0. The second-order valence-corrected chi connectivity index (χ2v) is 39.2. The zero-order chi connectivity index (χ0) is 95.5. The van der Waals surface area contributed by atoms with E-state index in [2.05, 4.69) is 148 Å². The van der Waals surface area contributed by atoms with Gasteiger partial charge in [0.2, 0.25) is 0 Å². The number of aliphatic carboxylic acids is 1. The highest BCUT2D eigenvalue weighted by Gasteiger charge is 2.59. The quantitative estimate of drug-likeness (QED) is 0.0218. The lowest BCUT2D eigenvalue weighted by atomic mass is 9.86. The Morgan fingerprint density at radius 1 is 0.376 bits per heavy atom. The number of benzene rings is 2. The fraction of sp³-hybridized carbons (Fsp3) is 0.609. The molecular formula is C92H130N24O17. The summed E-state index contributed by atoms with van der Waals surface area (Å²) in [5.74, 6) is -1.10. The minimum absolute atomic E-state index is 0.0920. The number of hydrogen-bond donors (Lipinski definition) is 7. The van der Waals surface area contributed by atoms with E-state index in [1.165, 1.54) is 42.8 Å². The number of Topliss-reactive ketones (excluding diaryl/α,β-unsaturated/α-hetero) is 3. The van der Waals surface area contributed by atoms with Crippen molar-refractivity contribution in [1.29, 1.82) is 0 Å². The number of aromatic nitrogens is 16. The summed E-state index contributed by atoms with van der Waals surface area (Å²) >= 11 is 0. The number of aliphatic hydroxyl groups excluding tert-OH is 2. The molecule has 0 bridgehead atoms. The summed E-state index contributed by atoms with van der Waals surface area (Å²) in [7, 11) is 7.91. The predicted molar refractivity (Wildman–Crippen MR) is 491 cm³/mol. The SMILES string of the molecule is CC(=O)CCCN(C)C[C@H]1O[C@@H](n2cnc3c(N)ncnc32)[C@@H]2OC(C)(C)O[C@@H]21.CN(CCCC(=O)Cc1ccc(C(C)(C)C)cc1)C[C@H]1O[C@@H](n2cnc3c(N)ncnc32)[C@@H]2OC(C)(C)O[C@@H]21.CN(CCCC(=O)Cc1ccc(C(C)(C)C)cc1)C[C@H]1O[C@@H](n2cnc3c(N)ncnc32)[C@H](O)[C@@H]1O.CN(CCCC(=O)O)C[C@H]1O[C@@H](n2cnc3c(N)ncnc32)[C@@H]2OC(C)(C)O[C@@H]21. The fourth-order valence-electron chi connectivity index (χ4n) is 18.1. The third-order valence-electron chi connectivity index (χ3n) is 24.8. The number of nitrogens with two attached hydrogens (primary N) is 4. The summed E-state index contributed by atoms with van der Waals surface area (Å²) in [5, 5.41) is 30.1. The molecule has 7 saturated heterocycles. The number of carbonyl (C=O) groups is 4. The van der Waals surface area contributed by atoms with Crippen molar-refractivity contribution in [2.45, 2.75) is 281 Å². The van der Waals surface area contributed by atoms with Crippen molar-refractivity contribution < 1.29 is 81.9 Å². The van der Waals surface area contributed by atoms with Crippen LogP contribution in [-0.4, -0.2) is 307 Å². The third kappa shape index (κ3) is 23.6. The van der Waals surface area contributed by atoms with Gasteiger partial charge < -0.3 is 110 Å². The Labute approximate surface area is 772 Å². The molecule has 0 saturated carbocycles. The number of nitrogen functional groups attached to an aromatic ring is 4. The molecule has 0 radical (unpaired) electrons. The first-order valence-electron chi connectivity index (χ1n) is 45.4. The normalized spacial score (nSPS) is 25.6. The summed E-state index contributed by atoms with van der Waals surface area (Å²) in [6.45, 7) is 31.3. The number of hydrogen-bond acceptors (Lipinski definition) is 36. The summed E-state index contributed by atoms with van der Waals surface area (Å²) in [4.78, 5) is 106. The van der Waals surface area contributed by atoms with Crippen LogP contribution in [0.4, 0.5) is 23.3 Å². The van der Waals surface area contributed by atoms with E-state index in [0.29, 0.717) is 146 Å². The number of anilines is 4. The van der Waals surface area contributed by atoms with Crippen molar-refractivity contribution in [2.75, 3.05) is 103 Å². The third-order valence-corrected chi connectivity index (χ3v) is 24.8. The molecule has 0 aliphatic carbocycles. The Morgan fingerprint density at radius 2 is 0.647 bits per heavy atom. The number of carboxylic acid groups (broad SMARTS) is 1. The van der Waals surface area contributed by atoms with Crippen LogP contribution >= 0.6 is 0 Å². The maximum atomic E-state index is 12.6. The molecular weight excluding hydrogens is 1710 g/mol. The molecule has 11 N–H and O–H groups in total. The van der Waals surface area contributed by atoms with E-state index < -0.39 is 66.6 Å². The van der Waals surface area contributed by atoms with Gasteiger partial charge in [0.15, 0.2) is 88.1 Å². The van der Waals surface area contributed by atoms with Crippen molar-refractivity contribution in [3.63, 3.8) is 0 Å². The van der Waals surface area contributed by atoms with Gasteiger partial charge in [-0.05, 0) is 162 Å². The van der Waals surface area contributed by atoms with Crippen LogP contribution in [0.15, 0.2) is 99.1 Å². The van der Waals surface area contributed by atoms with E-state index in [4.69, 9.17) is 75.4 Å². The highest BCUT2D eigenvalue weighted by Crippen LogP contribution is 2.48. The minimum atomic E-state index is -1.15. The van der Waals surface area contributed by atoms with Gasteiger partial charge in [0.1, 0.15) is 138 Å². The van der Waals surface area contributed by atoms with Gasteiger partial charge in [-0.2, -0.15) is 0 Å². The van der Waals surface area contributed by atoms with E-state index in [1.54, 1.807) is 35.0 Å². The molecule has 0 amide bonds. The standard InChI is InChI=1S/C29H40N6O4.C26H36N6O4.C19H28N6O4.C18H26N6O5/c1-28(2,3)19-11-9-18(10-12-19)14-20(36)8-7-13-34(6)15-21-23-24(39-29(4,5)38-23)27(37-21)35-17-33-22-25(30)31-16-32-26(22)35;1-26(2,3)17-9-7-16(8-10-17)12-18(33)6-5-11-31(4)13-19-21(34)22(35)25(36-19)32-15-30-20-23(27)28-14-29-24(20)32;1-11(26)6-5-7-24(4)8-12-14-15(29-19(2,3)28-14)18(27-12)25-10-23-13-16(20)21-9-22-17(13)25;1-18(2)28-13-10(7-23(3)6-4-5-11(25)26)27-17(14(13)29-18)24-9-22-12-15(19)20-8-21-16(12)24/h9-12,16-17,21,23-24,27H,7-8,13-15H2,1-6H3,(H2,30,31,32);7-10,14-15,19,21-22,25,34-35H,5-6,11-13H2,1-4H3,(H2,27,28,29);9-10,12,14-15,18H,5-8H2,1-4H3,(H2,20,21,22);8-10,13-14,17H,4-7H2,1-3H3,(H,25,26)(H2,19,20,21)/t21-,23-,24-,27-;19-,21-,22-,25-;12-,14-,15-,18-;10-,13-,14-,17-/m1111/s1. The van der Waals surface area contributed by atoms with E-state index in [9.17, 15) is 29.4 Å². The van der Waals surface area contributed by atoms with Crippen molar-refractivity contribution >= 4 is 91.2 Å².